The fourth-order valence-electron chi connectivity index (χ4n) is 3.63. The van der Waals surface area contributed by atoms with Gasteiger partial charge in [-0.05, 0) is 24.1 Å². The Hall–Kier alpha value is -1.47. The van der Waals surface area contributed by atoms with Crippen molar-refractivity contribution in [3.8, 4) is 0 Å². The Kier molecular flexibility index (Phi) is 6.81. The van der Waals surface area contributed by atoms with E-state index in [2.05, 4.69) is 10.2 Å². The third-order valence-electron chi connectivity index (χ3n) is 5.00. The number of nitrogens with one attached hydrogen (secondary N) is 1. The minimum Gasteiger partial charge on any atom is -0.381 e. The molecule has 1 N–H and O–H groups in total. The third-order valence-corrected chi connectivity index (χ3v) is 5.00. The molecule has 3 rings (SSSR count). The van der Waals surface area contributed by atoms with Gasteiger partial charge >= 0.3 is 0 Å². The average Bonchev–Trinajstić information content (AvgIpc) is 3.18. The molecule has 2 saturated heterocycles. The standard InChI is InChI=1S/C19H28N2O4/c1-23-13-15-3-2-4-16(11-15)19(22)20-12-18(17-5-8-25-14-17)21-6-9-24-10-7-21/h2-4,11,17-18H,5-10,12-14H2,1H3,(H,20,22). The van der Waals surface area contributed by atoms with Crippen LogP contribution in [-0.4, -0.2) is 70.0 Å². The SMILES string of the molecule is COCc1cccc(C(=O)NCC(C2CCOC2)N2CCOCC2)c1. The van der Waals surface area contributed by atoms with E-state index in [1.165, 1.54) is 0 Å². The minimum absolute atomic E-state index is 0.0323. The van der Waals surface area contributed by atoms with Gasteiger partial charge in [-0.1, -0.05) is 12.1 Å². The molecule has 138 valence electrons. The number of methoxy groups -OCH3 is 1. The first-order valence-electron chi connectivity index (χ1n) is 9.03. The van der Waals surface area contributed by atoms with Gasteiger partial charge in [0, 0.05) is 50.9 Å². The zero-order valence-electron chi connectivity index (χ0n) is 14.9. The summed E-state index contributed by atoms with van der Waals surface area (Å²) in [5.74, 6) is 0.438. The lowest BCUT2D eigenvalue weighted by Crippen LogP contribution is -2.52. The Labute approximate surface area is 149 Å². The lowest BCUT2D eigenvalue weighted by atomic mass is 9.96. The molecule has 0 aliphatic carbocycles. The number of nitrogens with zero attached hydrogens (tertiary/aromatic N) is 1. The van der Waals surface area contributed by atoms with E-state index >= 15 is 0 Å². The third kappa shape index (κ3) is 5.01. The number of hydrogen-bond acceptors (Lipinski definition) is 5. The van der Waals surface area contributed by atoms with E-state index in [0.29, 0.717) is 30.7 Å². The molecular formula is C19H28N2O4. The molecule has 1 amide bonds. The smallest absolute Gasteiger partial charge is 0.251 e. The van der Waals surface area contributed by atoms with Gasteiger partial charge < -0.3 is 19.5 Å². The molecule has 2 aliphatic rings. The number of benzene rings is 1. The Bertz CT molecular complexity index is 554. The van der Waals surface area contributed by atoms with Crippen molar-refractivity contribution >= 4 is 5.91 Å². The first-order chi connectivity index (χ1) is 12.3. The van der Waals surface area contributed by atoms with Crippen LogP contribution in [0.15, 0.2) is 24.3 Å². The Balaban J connectivity index is 1.61. The molecule has 2 atom stereocenters. The first-order valence-corrected chi connectivity index (χ1v) is 9.03. The molecule has 0 bridgehead atoms. The van der Waals surface area contributed by atoms with E-state index in [1.807, 2.05) is 24.3 Å². The average molecular weight is 348 g/mol. The van der Waals surface area contributed by atoms with Crippen LogP contribution in [0.5, 0.6) is 0 Å². The summed E-state index contributed by atoms with van der Waals surface area (Å²) in [5.41, 5.74) is 1.68. The summed E-state index contributed by atoms with van der Waals surface area (Å²) >= 11 is 0. The maximum Gasteiger partial charge on any atom is 0.251 e. The lowest BCUT2D eigenvalue weighted by Gasteiger charge is -2.37. The Morgan fingerprint density at radius 3 is 2.88 bits per heavy atom. The second-order valence-corrected chi connectivity index (χ2v) is 6.68. The van der Waals surface area contributed by atoms with Gasteiger partial charge in [-0.3, -0.25) is 9.69 Å². The summed E-state index contributed by atoms with van der Waals surface area (Å²) in [5, 5.41) is 3.12. The molecule has 2 heterocycles. The minimum atomic E-state index is -0.0323. The van der Waals surface area contributed by atoms with Gasteiger partial charge in [-0.2, -0.15) is 0 Å². The normalized spacial score (nSPS) is 22.7. The highest BCUT2D eigenvalue weighted by molar-refractivity contribution is 5.94. The quantitative estimate of drug-likeness (QED) is 0.805. The summed E-state index contributed by atoms with van der Waals surface area (Å²) in [4.78, 5) is 15.0. The monoisotopic (exact) mass is 348 g/mol. The maximum absolute atomic E-state index is 12.6. The van der Waals surface area contributed by atoms with Crippen molar-refractivity contribution in [1.29, 1.82) is 0 Å². The predicted octanol–water partition coefficient (Wildman–Crippen LogP) is 1.30. The molecule has 6 heteroatoms. The van der Waals surface area contributed by atoms with Crippen molar-refractivity contribution in [3.63, 3.8) is 0 Å². The number of ether oxygens (including phenoxy) is 3. The summed E-state index contributed by atoms with van der Waals surface area (Å²) in [7, 11) is 1.66. The van der Waals surface area contributed by atoms with E-state index in [1.54, 1.807) is 7.11 Å². The highest BCUT2D eigenvalue weighted by Crippen LogP contribution is 2.22. The maximum atomic E-state index is 12.6. The molecule has 0 saturated carbocycles. The summed E-state index contributed by atoms with van der Waals surface area (Å²) in [6.45, 7) is 6.10. The highest BCUT2D eigenvalue weighted by atomic mass is 16.5. The van der Waals surface area contributed by atoms with E-state index in [0.717, 1.165) is 51.5 Å². The summed E-state index contributed by atoms with van der Waals surface area (Å²) < 4.78 is 16.2. The molecule has 25 heavy (non-hydrogen) atoms. The molecule has 0 aromatic heterocycles. The molecule has 2 aliphatic heterocycles. The van der Waals surface area contributed by atoms with Crippen molar-refractivity contribution < 1.29 is 19.0 Å². The lowest BCUT2D eigenvalue weighted by molar-refractivity contribution is 0.00166. The topological polar surface area (TPSA) is 60.0 Å². The number of hydrogen-bond donors (Lipinski definition) is 1. The van der Waals surface area contributed by atoms with Crippen LogP contribution in [0.2, 0.25) is 0 Å². The largest absolute Gasteiger partial charge is 0.381 e. The van der Waals surface area contributed by atoms with E-state index in [9.17, 15) is 4.79 Å². The molecule has 2 unspecified atom stereocenters. The van der Waals surface area contributed by atoms with Crippen LogP contribution < -0.4 is 5.32 Å². The van der Waals surface area contributed by atoms with Crippen LogP contribution in [0.3, 0.4) is 0 Å². The number of morpholine rings is 1. The summed E-state index contributed by atoms with van der Waals surface area (Å²) in [6, 6.07) is 7.90. The fourth-order valence-corrected chi connectivity index (χ4v) is 3.63. The Morgan fingerprint density at radius 1 is 1.32 bits per heavy atom. The first kappa shape index (κ1) is 18.3. The highest BCUT2D eigenvalue weighted by Gasteiger charge is 2.31. The predicted molar refractivity (Wildman–Crippen MR) is 94.6 cm³/mol. The number of carbonyl (C=O) groups excluding carboxylic acids is 1. The molecule has 1 aromatic rings. The molecule has 1 aromatic carbocycles. The van der Waals surface area contributed by atoms with Crippen LogP contribution in [0.4, 0.5) is 0 Å². The second kappa shape index (κ2) is 9.29. The van der Waals surface area contributed by atoms with Crippen LogP contribution in [0.1, 0.15) is 22.3 Å². The van der Waals surface area contributed by atoms with Crippen LogP contribution in [-0.2, 0) is 20.8 Å². The zero-order chi connectivity index (χ0) is 17.5. The van der Waals surface area contributed by atoms with Gasteiger partial charge in [0.15, 0.2) is 0 Å². The summed E-state index contributed by atoms with van der Waals surface area (Å²) in [6.07, 6.45) is 1.06. The van der Waals surface area contributed by atoms with Gasteiger partial charge in [0.1, 0.15) is 0 Å². The van der Waals surface area contributed by atoms with E-state index in [4.69, 9.17) is 14.2 Å². The number of amides is 1. The van der Waals surface area contributed by atoms with Crippen molar-refractivity contribution in [3.05, 3.63) is 35.4 Å². The van der Waals surface area contributed by atoms with Crippen LogP contribution >= 0.6 is 0 Å². The van der Waals surface area contributed by atoms with Gasteiger partial charge in [-0.25, -0.2) is 0 Å². The van der Waals surface area contributed by atoms with Gasteiger partial charge in [-0.15, -0.1) is 0 Å². The Morgan fingerprint density at radius 2 is 2.16 bits per heavy atom. The molecule has 6 nitrogen and oxygen atoms in total. The van der Waals surface area contributed by atoms with E-state index < -0.39 is 0 Å². The molecular weight excluding hydrogens is 320 g/mol. The van der Waals surface area contributed by atoms with Crippen LogP contribution in [0.25, 0.3) is 0 Å². The van der Waals surface area contributed by atoms with Gasteiger partial charge in [0.2, 0.25) is 0 Å². The number of rotatable bonds is 7. The number of carbonyl (C=O) groups is 1. The molecule has 2 fully saturated rings. The van der Waals surface area contributed by atoms with E-state index in [-0.39, 0.29) is 5.91 Å². The van der Waals surface area contributed by atoms with Crippen molar-refractivity contribution in [2.75, 3.05) is 53.2 Å². The van der Waals surface area contributed by atoms with Crippen molar-refractivity contribution in [1.82, 2.24) is 10.2 Å². The van der Waals surface area contributed by atoms with Gasteiger partial charge in [0.05, 0.1) is 26.4 Å². The van der Waals surface area contributed by atoms with Crippen molar-refractivity contribution in [2.24, 2.45) is 5.92 Å². The molecule has 0 spiro atoms. The van der Waals surface area contributed by atoms with Crippen molar-refractivity contribution in [2.45, 2.75) is 19.1 Å². The zero-order valence-corrected chi connectivity index (χ0v) is 14.9. The second-order valence-electron chi connectivity index (χ2n) is 6.68. The fraction of sp³-hybridized carbons (Fsp3) is 0.632. The van der Waals surface area contributed by atoms with Crippen LogP contribution in [0, 0.1) is 5.92 Å². The molecule has 0 radical (unpaired) electrons. The van der Waals surface area contributed by atoms with Gasteiger partial charge in [0.25, 0.3) is 5.91 Å².